The van der Waals surface area contributed by atoms with Gasteiger partial charge in [-0.2, -0.15) is 0 Å². The van der Waals surface area contributed by atoms with Crippen LogP contribution in [0.25, 0.3) is 0 Å². The topological polar surface area (TPSA) is 73.5 Å². The van der Waals surface area contributed by atoms with E-state index in [1.54, 1.807) is 0 Å². The van der Waals surface area contributed by atoms with Crippen LogP contribution in [0.5, 0.6) is 0 Å². The van der Waals surface area contributed by atoms with Crippen molar-refractivity contribution in [2.75, 3.05) is 26.2 Å². The van der Waals surface area contributed by atoms with Crippen molar-refractivity contribution in [1.82, 2.24) is 20.9 Å². The van der Waals surface area contributed by atoms with Crippen molar-refractivity contribution in [3.05, 3.63) is 0 Å². The Kier molecular flexibility index (Phi) is 10.5. The smallest absolute Gasteiger partial charge is 0.314 e. The van der Waals surface area contributed by atoms with Gasteiger partial charge in [-0.15, -0.1) is 0 Å². The first-order valence-electron chi connectivity index (χ1n) is 9.99. The molecule has 1 rings (SSSR count). The van der Waals surface area contributed by atoms with Gasteiger partial charge < -0.3 is 16.0 Å². The Balaban J connectivity index is 2.29. The molecule has 6 nitrogen and oxygen atoms in total. The summed E-state index contributed by atoms with van der Waals surface area (Å²) in [7, 11) is 0. The molecule has 0 aromatic carbocycles. The summed E-state index contributed by atoms with van der Waals surface area (Å²) in [6, 6.07) is 0.371. The third-order valence-corrected chi connectivity index (χ3v) is 5.01. The van der Waals surface area contributed by atoms with Crippen LogP contribution in [-0.4, -0.2) is 55.1 Å². The highest BCUT2D eigenvalue weighted by Crippen LogP contribution is 2.16. The number of hydrogen-bond acceptors (Lipinski definition) is 3. The van der Waals surface area contributed by atoms with Crippen LogP contribution in [0.2, 0.25) is 0 Å². The van der Waals surface area contributed by atoms with Gasteiger partial charge >= 0.3 is 6.03 Å². The lowest BCUT2D eigenvalue weighted by Crippen LogP contribution is -2.49. The molecular formula is C19H38N4O2. The number of urea groups is 1. The highest BCUT2D eigenvalue weighted by atomic mass is 16.2. The Morgan fingerprint density at radius 2 is 1.64 bits per heavy atom. The predicted octanol–water partition coefficient (Wildman–Crippen LogP) is 2.49. The van der Waals surface area contributed by atoms with Gasteiger partial charge in [0.05, 0.1) is 0 Å². The molecule has 1 fully saturated rings. The quantitative estimate of drug-likeness (QED) is 0.595. The number of rotatable bonds is 9. The van der Waals surface area contributed by atoms with Crippen molar-refractivity contribution in [1.29, 1.82) is 0 Å². The summed E-state index contributed by atoms with van der Waals surface area (Å²) in [4.78, 5) is 26.2. The molecule has 0 saturated carbocycles. The van der Waals surface area contributed by atoms with Crippen molar-refractivity contribution in [2.24, 2.45) is 5.92 Å². The Hall–Kier alpha value is -1.30. The summed E-state index contributed by atoms with van der Waals surface area (Å²) in [5.74, 6) is 0.485. The van der Waals surface area contributed by atoms with Crippen LogP contribution in [0, 0.1) is 5.92 Å². The molecule has 3 amide bonds. The SMILES string of the molecule is CCC(C)NC(=O)CCNC(=O)NCC(C(C)C)N1CCCCCC1. The summed E-state index contributed by atoms with van der Waals surface area (Å²) in [5.41, 5.74) is 0. The first-order chi connectivity index (χ1) is 11.9. The molecule has 1 saturated heterocycles. The largest absolute Gasteiger partial charge is 0.354 e. The molecule has 1 heterocycles. The second kappa shape index (κ2) is 12.1. The van der Waals surface area contributed by atoms with Crippen LogP contribution in [0.1, 0.15) is 66.2 Å². The number of nitrogens with zero attached hydrogens (tertiary/aromatic N) is 1. The van der Waals surface area contributed by atoms with E-state index in [1.807, 2.05) is 13.8 Å². The molecule has 2 atom stereocenters. The number of carbonyl (C=O) groups excluding carboxylic acids is 2. The Morgan fingerprint density at radius 1 is 1.00 bits per heavy atom. The summed E-state index contributed by atoms with van der Waals surface area (Å²) >= 11 is 0. The van der Waals surface area contributed by atoms with Gasteiger partial charge in [0.1, 0.15) is 0 Å². The number of carbonyl (C=O) groups is 2. The average Bonchev–Trinajstić information content (AvgIpc) is 2.83. The minimum atomic E-state index is -0.184. The van der Waals surface area contributed by atoms with Crippen molar-refractivity contribution in [3.8, 4) is 0 Å². The molecule has 2 unspecified atom stereocenters. The van der Waals surface area contributed by atoms with E-state index in [-0.39, 0.29) is 18.0 Å². The number of amides is 3. The van der Waals surface area contributed by atoms with E-state index in [1.165, 1.54) is 25.7 Å². The van der Waals surface area contributed by atoms with E-state index >= 15 is 0 Å². The van der Waals surface area contributed by atoms with Crippen LogP contribution < -0.4 is 16.0 Å². The lowest BCUT2D eigenvalue weighted by Gasteiger charge is -2.33. The van der Waals surface area contributed by atoms with E-state index in [4.69, 9.17) is 0 Å². The van der Waals surface area contributed by atoms with Gasteiger partial charge in [0.2, 0.25) is 5.91 Å². The van der Waals surface area contributed by atoms with E-state index in [0.717, 1.165) is 19.5 Å². The van der Waals surface area contributed by atoms with Gasteiger partial charge in [-0.3, -0.25) is 9.69 Å². The highest BCUT2D eigenvalue weighted by molar-refractivity contribution is 5.78. The van der Waals surface area contributed by atoms with Gasteiger partial charge in [0.15, 0.2) is 0 Å². The summed E-state index contributed by atoms with van der Waals surface area (Å²) < 4.78 is 0. The highest BCUT2D eigenvalue weighted by Gasteiger charge is 2.23. The molecule has 25 heavy (non-hydrogen) atoms. The first-order valence-corrected chi connectivity index (χ1v) is 9.99. The van der Waals surface area contributed by atoms with E-state index in [2.05, 4.69) is 34.7 Å². The fraction of sp³-hybridized carbons (Fsp3) is 0.895. The first kappa shape index (κ1) is 21.7. The fourth-order valence-electron chi connectivity index (χ4n) is 3.21. The van der Waals surface area contributed by atoms with Gasteiger partial charge in [-0.05, 0) is 45.2 Å². The second-order valence-corrected chi connectivity index (χ2v) is 7.53. The maximum Gasteiger partial charge on any atom is 0.314 e. The molecule has 0 bridgehead atoms. The molecule has 0 aromatic heterocycles. The van der Waals surface area contributed by atoms with Crippen LogP contribution >= 0.6 is 0 Å². The lowest BCUT2D eigenvalue weighted by atomic mass is 10.0. The molecule has 0 aliphatic carbocycles. The molecule has 6 heteroatoms. The van der Waals surface area contributed by atoms with Crippen molar-refractivity contribution < 1.29 is 9.59 Å². The fourth-order valence-corrected chi connectivity index (χ4v) is 3.21. The van der Waals surface area contributed by atoms with Gasteiger partial charge in [-0.25, -0.2) is 4.79 Å². The van der Waals surface area contributed by atoms with Gasteiger partial charge in [0, 0.05) is 31.6 Å². The van der Waals surface area contributed by atoms with Crippen LogP contribution in [0.4, 0.5) is 4.79 Å². The Bertz CT molecular complexity index is 393. The van der Waals surface area contributed by atoms with Gasteiger partial charge in [0.25, 0.3) is 0 Å². The van der Waals surface area contributed by atoms with E-state index < -0.39 is 0 Å². The lowest BCUT2D eigenvalue weighted by molar-refractivity contribution is -0.121. The molecule has 1 aliphatic rings. The summed E-state index contributed by atoms with van der Waals surface area (Å²) in [6.45, 7) is 11.7. The van der Waals surface area contributed by atoms with Crippen LogP contribution in [0.15, 0.2) is 0 Å². The molecule has 0 radical (unpaired) electrons. The van der Waals surface area contributed by atoms with Crippen molar-refractivity contribution in [3.63, 3.8) is 0 Å². The maximum absolute atomic E-state index is 12.0. The summed E-state index contributed by atoms with van der Waals surface area (Å²) in [5, 5.41) is 8.67. The second-order valence-electron chi connectivity index (χ2n) is 7.53. The Labute approximate surface area is 153 Å². The third-order valence-electron chi connectivity index (χ3n) is 5.01. The number of nitrogens with one attached hydrogen (secondary N) is 3. The third kappa shape index (κ3) is 9.10. The summed E-state index contributed by atoms with van der Waals surface area (Å²) in [6.07, 6.45) is 6.35. The molecule has 0 spiro atoms. The normalized spacial score (nSPS) is 18.3. The molecule has 1 aliphatic heterocycles. The van der Waals surface area contributed by atoms with Crippen molar-refractivity contribution >= 4 is 11.9 Å². The standard InChI is InChI=1S/C19H38N4O2/c1-5-16(4)22-18(24)10-11-20-19(25)21-14-17(15(2)3)23-12-8-6-7-9-13-23/h15-17H,5-14H2,1-4H3,(H,22,24)(H2,20,21,25). The van der Waals surface area contributed by atoms with E-state index in [0.29, 0.717) is 31.5 Å². The monoisotopic (exact) mass is 354 g/mol. The van der Waals surface area contributed by atoms with Gasteiger partial charge in [-0.1, -0.05) is 33.6 Å². The van der Waals surface area contributed by atoms with Crippen LogP contribution in [-0.2, 0) is 4.79 Å². The van der Waals surface area contributed by atoms with Crippen LogP contribution in [0.3, 0.4) is 0 Å². The minimum absolute atomic E-state index is 0.0146. The molecule has 3 N–H and O–H groups in total. The minimum Gasteiger partial charge on any atom is -0.354 e. The zero-order valence-electron chi connectivity index (χ0n) is 16.6. The van der Waals surface area contributed by atoms with Crippen molar-refractivity contribution in [2.45, 2.75) is 78.3 Å². The zero-order valence-corrected chi connectivity index (χ0v) is 16.6. The molecular weight excluding hydrogens is 316 g/mol. The Morgan fingerprint density at radius 3 is 2.20 bits per heavy atom. The average molecular weight is 355 g/mol. The molecule has 146 valence electrons. The maximum atomic E-state index is 12.0. The van der Waals surface area contributed by atoms with E-state index in [9.17, 15) is 9.59 Å². The molecule has 0 aromatic rings. The predicted molar refractivity (Wildman–Crippen MR) is 103 cm³/mol. The number of hydrogen-bond donors (Lipinski definition) is 3. The zero-order chi connectivity index (χ0) is 18.7. The number of likely N-dealkylation sites (tertiary alicyclic amines) is 1.